The van der Waals surface area contributed by atoms with Crippen LogP contribution in [0.5, 0.6) is 17.2 Å². The highest BCUT2D eigenvalue weighted by atomic mass is 32.1. The summed E-state index contributed by atoms with van der Waals surface area (Å²) in [5.74, 6) is 1.65. The van der Waals surface area contributed by atoms with Crippen LogP contribution < -0.4 is 19.7 Å². The Hall–Kier alpha value is -4.04. The van der Waals surface area contributed by atoms with E-state index >= 15 is 0 Å². The number of rotatable bonds is 4. The number of hydrogen-bond acceptors (Lipinski definition) is 5. The summed E-state index contributed by atoms with van der Waals surface area (Å²) in [5, 5.41) is 13.8. The first-order valence-corrected chi connectivity index (χ1v) is 11.0. The van der Waals surface area contributed by atoms with Gasteiger partial charge in [0.25, 0.3) is 0 Å². The van der Waals surface area contributed by atoms with Crippen LogP contribution in [0.15, 0.2) is 85.2 Å². The van der Waals surface area contributed by atoms with Gasteiger partial charge in [0, 0.05) is 35.5 Å². The summed E-state index contributed by atoms with van der Waals surface area (Å²) >= 11 is 5.83. The van der Waals surface area contributed by atoms with Crippen LogP contribution in [-0.4, -0.2) is 26.6 Å². The van der Waals surface area contributed by atoms with Gasteiger partial charge in [-0.05, 0) is 72.9 Å². The van der Waals surface area contributed by atoms with Crippen LogP contribution in [0, 0.1) is 0 Å². The van der Waals surface area contributed by atoms with Gasteiger partial charge in [-0.25, -0.2) is 0 Å². The molecule has 0 bridgehead atoms. The van der Waals surface area contributed by atoms with Crippen molar-refractivity contribution >= 4 is 23.0 Å². The molecule has 0 amide bonds. The summed E-state index contributed by atoms with van der Waals surface area (Å²) in [6, 6.07) is 22.6. The highest BCUT2D eigenvalue weighted by Crippen LogP contribution is 2.44. The average molecular weight is 457 g/mol. The fraction of sp³-hybridized carbons (Fsp3) is 0.120. The quantitative estimate of drug-likeness (QED) is 0.439. The van der Waals surface area contributed by atoms with E-state index in [1.807, 2.05) is 60.8 Å². The Morgan fingerprint density at radius 2 is 1.76 bits per heavy atom. The van der Waals surface area contributed by atoms with Crippen molar-refractivity contribution in [1.82, 2.24) is 14.9 Å². The summed E-state index contributed by atoms with van der Waals surface area (Å²) < 4.78 is 13.2. The van der Waals surface area contributed by atoms with Crippen LogP contribution in [0.25, 0.3) is 5.69 Å². The first-order chi connectivity index (χ1) is 16.2. The third-order valence-electron chi connectivity index (χ3n) is 5.94. The molecule has 2 atom stereocenters. The number of phenolic OH excluding ortho intramolecular Hbond substituents is 1. The van der Waals surface area contributed by atoms with Gasteiger partial charge in [-0.3, -0.25) is 4.98 Å². The number of nitrogens with zero attached hydrogens (tertiary/aromatic N) is 3. The van der Waals surface area contributed by atoms with E-state index in [9.17, 15) is 5.11 Å². The highest BCUT2D eigenvalue weighted by Gasteiger charge is 2.42. The topological polar surface area (TPSA) is 71.8 Å². The van der Waals surface area contributed by atoms with Gasteiger partial charge in [-0.15, -0.1) is 0 Å². The fourth-order valence-corrected chi connectivity index (χ4v) is 4.80. The molecular formula is C25H20N4O3S. The molecule has 0 aliphatic carbocycles. The maximum absolute atomic E-state index is 9.75. The molecule has 2 aromatic heterocycles. The van der Waals surface area contributed by atoms with Gasteiger partial charge in [-0.2, -0.15) is 0 Å². The number of phenols is 1. The van der Waals surface area contributed by atoms with Gasteiger partial charge in [0.1, 0.15) is 11.8 Å². The van der Waals surface area contributed by atoms with Crippen LogP contribution in [-0.2, 0) is 0 Å². The van der Waals surface area contributed by atoms with Crippen molar-refractivity contribution in [3.8, 4) is 22.9 Å². The molecule has 4 aromatic rings. The Kier molecular flexibility index (Phi) is 4.66. The number of anilines is 1. The van der Waals surface area contributed by atoms with E-state index in [0.717, 1.165) is 28.5 Å². The molecule has 0 radical (unpaired) electrons. The van der Waals surface area contributed by atoms with E-state index in [1.165, 1.54) is 0 Å². The molecule has 2 aliphatic rings. The van der Waals surface area contributed by atoms with Crippen LogP contribution >= 0.6 is 12.2 Å². The van der Waals surface area contributed by atoms with Crippen molar-refractivity contribution < 1.29 is 14.6 Å². The first-order valence-electron chi connectivity index (χ1n) is 10.6. The Bertz CT molecular complexity index is 1320. The van der Waals surface area contributed by atoms with Crippen molar-refractivity contribution in [3.05, 3.63) is 96.6 Å². The molecule has 8 heteroatoms. The molecule has 2 aromatic carbocycles. The molecule has 0 spiro atoms. The van der Waals surface area contributed by atoms with Crippen molar-refractivity contribution in [2.24, 2.45) is 0 Å². The maximum atomic E-state index is 9.75. The Balaban J connectivity index is 1.50. The van der Waals surface area contributed by atoms with Crippen LogP contribution in [0.1, 0.15) is 23.5 Å². The van der Waals surface area contributed by atoms with E-state index in [0.29, 0.717) is 10.9 Å². The van der Waals surface area contributed by atoms with E-state index < -0.39 is 0 Å². The predicted octanol–water partition coefficient (Wildman–Crippen LogP) is 4.48. The standard InChI is InChI=1S/C25H20N4O3S/c30-18-9-6-16(7-10-18)28-13-3-5-20(28)24-23(19-4-1-2-12-26-19)27-25(33)29(24)17-8-11-21-22(14-17)32-15-31-21/h1-14,23-24,30H,15H2,(H,27,33)/t23-,24-/m0/s1. The summed E-state index contributed by atoms with van der Waals surface area (Å²) in [6.07, 6.45) is 3.80. The van der Waals surface area contributed by atoms with Crippen molar-refractivity contribution in [1.29, 1.82) is 0 Å². The molecule has 0 unspecified atom stereocenters. The SMILES string of the molecule is Oc1ccc(-n2cccc2[C@H]2[C@H](c3ccccn3)NC(=S)N2c2ccc3c(c2)OCO3)cc1. The monoisotopic (exact) mass is 456 g/mol. The second-order valence-electron chi connectivity index (χ2n) is 7.85. The number of ether oxygens (including phenoxy) is 2. The number of pyridine rings is 1. The number of nitrogens with one attached hydrogen (secondary N) is 1. The zero-order valence-corrected chi connectivity index (χ0v) is 18.3. The van der Waals surface area contributed by atoms with Crippen molar-refractivity contribution in [2.75, 3.05) is 11.7 Å². The normalized spacial score (nSPS) is 19.0. The molecule has 1 fully saturated rings. The van der Waals surface area contributed by atoms with Crippen molar-refractivity contribution in [3.63, 3.8) is 0 Å². The Morgan fingerprint density at radius 1 is 0.939 bits per heavy atom. The summed E-state index contributed by atoms with van der Waals surface area (Å²) in [4.78, 5) is 6.72. The number of aromatic hydroxyl groups is 1. The van der Waals surface area contributed by atoms with E-state index in [4.69, 9.17) is 21.7 Å². The third-order valence-corrected chi connectivity index (χ3v) is 6.26. The fourth-order valence-electron chi connectivity index (χ4n) is 4.45. The summed E-state index contributed by atoms with van der Waals surface area (Å²) in [7, 11) is 0. The molecule has 33 heavy (non-hydrogen) atoms. The minimum absolute atomic E-state index is 0.171. The van der Waals surface area contributed by atoms with Crippen LogP contribution in [0.2, 0.25) is 0 Å². The lowest BCUT2D eigenvalue weighted by Crippen LogP contribution is -2.30. The Morgan fingerprint density at radius 3 is 2.58 bits per heavy atom. The number of thiocarbonyl (C=S) groups is 1. The van der Waals surface area contributed by atoms with E-state index in [2.05, 4.69) is 25.8 Å². The molecule has 2 N–H and O–H groups in total. The highest BCUT2D eigenvalue weighted by molar-refractivity contribution is 7.80. The molecule has 6 rings (SSSR count). The zero-order valence-electron chi connectivity index (χ0n) is 17.5. The van der Waals surface area contributed by atoms with E-state index in [-0.39, 0.29) is 24.6 Å². The number of hydrogen-bond donors (Lipinski definition) is 2. The Labute approximate surface area is 195 Å². The average Bonchev–Trinajstić information content (AvgIpc) is 3.57. The molecule has 4 heterocycles. The summed E-state index contributed by atoms with van der Waals surface area (Å²) in [6.45, 7) is 0.213. The second kappa shape index (κ2) is 7.83. The lowest BCUT2D eigenvalue weighted by molar-refractivity contribution is 0.174. The number of fused-ring (bicyclic) bond motifs is 1. The lowest BCUT2D eigenvalue weighted by Gasteiger charge is -2.29. The second-order valence-corrected chi connectivity index (χ2v) is 8.24. The van der Waals surface area contributed by atoms with Gasteiger partial charge in [0.15, 0.2) is 16.6 Å². The van der Waals surface area contributed by atoms with E-state index in [1.54, 1.807) is 18.3 Å². The molecule has 0 saturated carbocycles. The molecule has 7 nitrogen and oxygen atoms in total. The largest absolute Gasteiger partial charge is 0.508 e. The van der Waals surface area contributed by atoms with Gasteiger partial charge in [0.05, 0.1) is 11.7 Å². The van der Waals surface area contributed by atoms with Gasteiger partial charge in [0.2, 0.25) is 6.79 Å². The van der Waals surface area contributed by atoms with Crippen molar-refractivity contribution in [2.45, 2.75) is 12.1 Å². The minimum Gasteiger partial charge on any atom is -0.508 e. The molecule has 2 aliphatic heterocycles. The number of aromatic nitrogens is 2. The molecular weight excluding hydrogens is 436 g/mol. The van der Waals surface area contributed by atoms with Crippen LogP contribution in [0.4, 0.5) is 5.69 Å². The molecule has 164 valence electrons. The van der Waals surface area contributed by atoms with Gasteiger partial charge in [-0.1, -0.05) is 6.07 Å². The maximum Gasteiger partial charge on any atom is 0.231 e. The lowest BCUT2D eigenvalue weighted by atomic mass is 10.0. The predicted molar refractivity (Wildman–Crippen MR) is 128 cm³/mol. The minimum atomic E-state index is -0.184. The van der Waals surface area contributed by atoms with Gasteiger partial charge >= 0.3 is 0 Å². The smallest absolute Gasteiger partial charge is 0.231 e. The van der Waals surface area contributed by atoms with Crippen LogP contribution in [0.3, 0.4) is 0 Å². The zero-order chi connectivity index (χ0) is 22.4. The first kappa shape index (κ1) is 19.6. The van der Waals surface area contributed by atoms with Gasteiger partial charge < -0.3 is 29.4 Å². The molecule has 1 saturated heterocycles. The number of benzene rings is 2. The summed E-state index contributed by atoms with van der Waals surface area (Å²) in [5.41, 5.74) is 3.77. The third kappa shape index (κ3) is 3.35.